The van der Waals surface area contributed by atoms with Crippen molar-refractivity contribution in [3.63, 3.8) is 0 Å². The molecule has 1 N–H and O–H groups in total. The highest BCUT2D eigenvalue weighted by Crippen LogP contribution is 2.27. The van der Waals surface area contributed by atoms with Gasteiger partial charge in [0, 0.05) is 29.3 Å². The summed E-state index contributed by atoms with van der Waals surface area (Å²) in [5, 5.41) is 14.3. The number of rotatable bonds is 4. The molecule has 0 spiro atoms. The largest absolute Gasteiger partial charge is 0.379 e. The van der Waals surface area contributed by atoms with Crippen molar-refractivity contribution in [2.45, 2.75) is 6.54 Å². The van der Waals surface area contributed by atoms with Crippen LogP contribution in [0, 0.1) is 15.9 Å². The van der Waals surface area contributed by atoms with E-state index in [0.717, 1.165) is 0 Å². The molecule has 0 atom stereocenters. The molecular weight excluding hydrogens is 306 g/mol. The lowest BCUT2D eigenvalue weighted by Crippen LogP contribution is -2.03. The average molecular weight is 315 g/mol. The highest BCUT2D eigenvalue weighted by Gasteiger charge is 2.10. The van der Waals surface area contributed by atoms with Gasteiger partial charge in [0.15, 0.2) is 0 Å². The Balaban J connectivity index is 2.20. The maximum absolute atomic E-state index is 13.5. The first-order chi connectivity index (χ1) is 9.47. The van der Waals surface area contributed by atoms with Gasteiger partial charge in [-0.2, -0.15) is 0 Å². The van der Waals surface area contributed by atoms with Crippen LogP contribution in [0.5, 0.6) is 0 Å². The number of hydrogen-bond donors (Lipinski definition) is 1. The van der Waals surface area contributed by atoms with Crippen molar-refractivity contribution in [2.24, 2.45) is 0 Å². The predicted octanol–water partition coefficient (Wildman–Crippen LogP) is 4.65. The average Bonchev–Trinajstić information content (AvgIpc) is 2.41. The number of nitrogens with zero attached hydrogens (tertiary/aromatic N) is 1. The quantitative estimate of drug-likeness (QED) is 0.660. The molecule has 20 heavy (non-hydrogen) atoms. The van der Waals surface area contributed by atoms with E-state index in [1.165, 1.54) is 36.4 Å². The minimum absolute atomic E-state index is 0.0940. The van der Waals surface area contributed by atoms with Gasteiger partial charge in [-0.3, -0.25) is 10.1 Å². The molecule has 2 aromatic rings. The lowest BCUT2D eigenvalue weighted by atomic mass is 10.2. The molecule has 104 valence electrons. The van der Waals surface area contributed by atoms with Gasteiger partial charge < -0.3 is 5.32 Å². The van der Waals surface area contributed by atoms with Crippen LogP contribution in [-0.2, 0) is 6.54 Å². The summed E-state index contributed by atoms with van der Waals surface area (Å²) >= 11 is 11.7. The molecule has 4 nitrogen and oxygen atoms in total. The van der Waals surface area contributed by atoms with Gasteiger partial charge in [0.05, 0.1) is 15.6 Å². The van der Waals surface area contributed by atoms with Crippen LogP contribution < -0.4 is 5.32 Å². The molecule has 0 bridgehead atoms. The van der Waals surface area contributed by atoms with Crippen molar-refractivity contribution in [3.8, 4) is 0 Å². The Morgan fingerprint density at radius 2 is 1.95 bits per heavy atom. The molecule has 0 aliphatic heterocycles. The van der Waals surface area contributed by atoms with Gasteiger partial charge >= 0.3 is 0 Å². The summed E-state index contributed by atoms with van der Waals surface area (Å²) in [6.45, 7) is 0.118. The number of hydrogen-bond acceptors (Lipinski definition) is 3. The van der Waals surface area contributed by atoms with Crippen LogP contribution in [0.15, 0.2) is 36.4 Å². The van der Waals surface area contributed by atoms with Crippen LogP contribution in [0.2, 0.25) is 10.0 Å². The molecule has 0 saturated heterocycles. The fraction of sp³-hybridized carbons (Fsp3) is 0.0769. The molecule has 0 saturated carbocycles. The number of benzene rings is 2. The van der Waals surface area contributed by atoms with Crippen molar-refractivity contribution in [1.29, 1.82) is 0 Å². The fourth-order valence-corrected chi connectivity index (χ4v) is 2.01. The van der Waals surface area contributed by atoms with E-state index in [0.29, 0.717) is 21.3 Å². The second-order valence-corrected chi connectivity index (χ2v) is 4.85. The maximum atomic E-state index is 13.5. The van der Waals surface area contributed by atoms with E-state index in [1.54, 1.807) is 0 Å². The molecule has 0 fully saturated rings. The SMILES string of the molecule is O=[N+]([O-])c1ccc(Cl)c(NCc2cc(Cl)ccc2F)c1. The zero-order valence-corrected chi connectivity index (χ0v) is 11.6. The van der Waals surface area contributed by atoms with Crippen LogP contribution in [0.4, 0.5) is 15.8 Å². The third-order valence-corrected chi connectivity index (χ3v) is 3.20. The van der Waals surface area contributed by atoms with Crippen LogP contribution >= 0.6 is 23.2 Å². The van der Waals surface area contributed by atoms with Crippen molar-refractivity contribution in [3.05, 3.63) is 67.9 Å². The summed E-state index contributed by atoms with van der Waals surface area (Å²) in [4.78, 5) is 10.2. The van der Waals surface area contributed by atoms with Gasteiger partial charge in [0.2, 0.25) is 0 Å². The summed E-state index contributed by atoms with van der Waals surface area (Å²) in [5.74, 6) is -0.413. The molecule has 0 unspecified atom stereocenters. The van der Waals surface area contributed by atoms with E-state index in [4.69, 9.17) is 23.2 Å². The number of nitro benzene ring substituents is 1. The Hall–Kier alpha value is -1.85. The lowest BCUT2D eigenvalue weighted by Gasteiger charge is -2.09. The monoisotopic (exact) mass is 314 g/mol. The van der Waals surface area contributed by atoms with E-state index in [1.807, 2.05) is 0 Å². The van der Waals surface area contributed by atoms with E-state index < -0.39 is 10.7 Å². The molecule has 2 rings (SSSR count). The summed E-state index contributed by atoms with van der Waals surface area (Å²) in [7, 11) is 0. The molecule has 0 aliphatic rings. The normalized spacial score (nSPS) is 10.3. The maximum Gasteiger partial charge on any atom is 0.271 e. The highest BCUT2D eigenvalue weighted by molar-refractivity contribution is 6.33. The van der Waals surface area contributed by atoms with Crippen molar-refractivity contribution < 1.29 is 9.31 Å². The van der Waals surface area contributed by atoms with Crippen molar-refractivity contribution in [1.82, 2.24) is 0 Å². The number of halogens is 3. The number of nitro groups is 1. The van der Waals surface area contributed by atoms with Gasteiger partial charge in [-0.1, -0.05) is 23.2 Å². The van der Waals surface area contributed by atoms with Crippen LogP contribution in [0.25, 0.3) is 0 Å². The zero-order valence-electron chi connectivity index (χ0n) is 10.1. The van der Waals surface area contributed by atoms with Crippen LogP contribution in [0.1, 0.15) is 5.56 Å². The van der Waals surface area contributed by atoms with Gasteiger partial charge in [-0.05, 0) is 24.3 Å². The molecule has 7 heteroatoms. The van der Waals surface area contributed by atoms with Gasteiger partial charge in [-0.25, -0.2) is 4.39 Å². The van der Waals surface area contributed by atoms with Gasteiger partial charge in [0.25, 0.3) is 5.69 Å². The molecule has 0 amide bonds. The zero-order chi connectivity index (χ0) is 14.7. The Morgan fingerprint density at radius 3 is 2.65 bits per heavy atom. The topological polar surface area (TPSA) is 55.2 Å². The third-order valence-electron chi connectivity index (χ3n) is 2.64. The van der Waals surface area contributed by atoms with E-state index in [9.17, 15) is 14.5 Å². The molecule has 0 aromatic heterocycles. The minimum Gasteiger partial charge on any atom is -0.379 e. The van der Waals surface area contributed by atoms with Crippen molar-refractivity contribution >= 4 is 34.6 Å². The molecule has 2 aromatic carbocycles. The van der Waals surface area contributed by atoms with Crippen molar-refractivity contribution in [2.75, 3.05) is 5.32 Å². The Labute approximate surface area is 124 Å². The van der Waals surface area contributed by atoms with Gasteiger partial charge in [0.1, 0.15) is 5.82 Å². The summed E-state index contributed by atoms with van der Waals surface area (Å²) in [6.07, 6.45) is 0. The minimum atomic E-state index is -0.526. The second-order valence-electron chi connectivity index (χ2n) is 4.01. The van der Waals surface area contributed by atoms with E-state index >= 15 is 0 Å². The lowest BCUT2D eigenvalue weighted by molar-refractivity contribution is -0.384. The number of anilines is 1. The second kappa shape index (κ2) is 6.07. The smallest absolute Gasteiger partial charge is 0.271 e. The van der Waals surface area contributed by atoms with Crippen LogP contribution in [-0.4, -0.2) is 4.92 Å². The summed E-state index contributed by atoms with van der Waals surface area (Å²) < 4.78 is 13.5. The summed E-state index contributed by atoms with van der Waals surface area (Å²) in [6, 6.07) is 8.19. The molecular formula is C13H9Cl2FN2O2. The Bertz CT molecular complexity index is 665. The summed E-state index contributed by atoms with van der Waals surface area (Å²) in [5.41, 5.74) is 0.615. The number of non-ortho nitro benzene ring substituents is 1. The van der Waals surface area contributed by atoms with Gasteiger partial charge in [-0.15, -0.1) is 0 Å². The Kier molecular flexibility index (Phi) is 4.42. The standard InChI is InChI=1S/C13H9Cl2FN2O2/c14-9-1-4-12(16)8(5-9)7-17-13-6-10(18(19)20)2-3-11(13)15/h1-6,17H,7H2. The predicted molar refractivity (Wildman–Crippen MR) is 76.8 cm³/mol. The van der Waals surface area contributed by atoms with E-state index in [2.05, 4.69) is 5.32 Å². The fourth-order valence-electron chi connectivity index (χ4n) is 1.63. The first kappa shape index (κ1) is 14.6. The third kappa shape index (κ3) is 3.37. The number of nitrogens with one attached hydrogen (secondary N) is 1. The first-order valence-corrected chi connectivity index (χ1v) is 6.34. The Morgan fingerprint density at radius 1 is 1.20 bits per heavy atom. The van der Waals surface area contributed by atoms with Crippen LogP contribution in [0.3, 0.4) is 0 Å². The molecule has 0 heterocycles. The molecule has 0 aliphatic carbocycles. The molecule has 0 radical (unpaired) electrons. The highest BCUT2D eigenvalue weighted by atomic mass is 35.5. The van der Waals surface area contributed by atoms with E-state index in [-0.39, 0.29) is 12.2 Å². The first-order valence-electron chi connectivity index (χ1n) is 5.59.